The van der Waals surface area contributed by atoms with Gasteiger partial charge in [0.15, 0.2) is 5.78 Å². The minimum Gasteiger partial charge on any atom is -0.497 e. The number of ketones is 1. The molecule has 3 nitrogen and oxygen atoms in total. The van der Waals surface area contributed by atoms with Gasteiger partial charge in [-0.25, -0.2) is 0 Å². The molecule has 96 valence electrons. The second-order valence-corrected chi connectivity index (χ2v) is 4.55. The molecule has 0 unspecified atom stereocenters. The van der Waals surface area contributed by atoms with Crippen LogP contribution in [0.1, 0.15) is 27.0 Å². The molecule has 2 aromatic rings. The summed E-state index contributed by atoms with van der Waals surface area (Å²) in [6.45, 7) is 0. The lowest BCUT2D eigenvalue weighted by molar-refractivity contribution is 0.103. The van der Waals surface area contributed by atoms with Gasteiger partial charge in [-0.3, -0.25) is 4.79 Å². The number of methoxy groups -OCH3 is 2. The van der Waals surface area contributed by atoms with Crippen molar-refractivity contribution in [2.24, 2.45) is 0 Å². The van der Waals surface area contributed by atoms with Gasteiger partial charge in [0.2, 0.25) is 0 Å². The van der Waals surface area contributed by atoms with E-state index < -0.39 is 0 Å². The van der Waals surface area contributed by atoms with Crippen molar-refractivity contribution in [2.45, 2.75) is 6.42 Å². The number of hydrogen-bond donors (Lipinski definition) is 0. The fourth-order valence-electron chi connectivity index (χ4n) is 2.48. The molecule has 0 amide bonds. The Kier molecular flexibility index (Phi) is 2.75. The molecule has 0 spiro atoms. The lowest BCUT2D eigenvalue weighted by atomic mass is 9.85. The van der Waals surface area contributed by atoms with Crippen LogP contribution in [0, 0.1) is 0 Å². The minimum absolute atomic E-state index is 0.0709. The molecule has 2 aromatic carbocycles. The maximum atomic E-state index is 12.4. The number of benzene rings is 2. The van der Waals surface area contributed by atoms with E-state index in [0.29, 0.717) is 0 Å². The Morgan fingerprint density at radius 3 is 1.74 bits per heavy atom. The lowest BCUT2D eigenvalue weighted by Crippen LogP contribution is -2.15. The van der Waals surface area contributed by atoms with Crippen LogP contribution in [-0.4, -0.2) is 20.0 Å². The number of ether oxygens (including phenoxy) is 2. The van der Waals surface area contributed by atoms with Gasteiger partial charge in [-0.1, -0.05) is 0 Å². The highest BCUT2D eigenvalue weighted by molar-refractivity contribution is 6.12. The smallest absolute Gasteiger partial charge is 0.193 e. The Hall–Kier alpha value is -2.29. The summed E-state index contributed by atoms with van der Waals surface area (Å²) in [4.78, 5) is 12.4. The van der Waals surface area contributed by atoms with Crippen LogP contribution in [0.3, 0.4) is 0 Å². The third-order valence-corrected chi connectivity index (χ3v) is 3.49. The molecule has 0 radical (unpaired) electrons. The van der Waals surface area contributed by atoms with E-state index in [1.807, 2.05) is 36.4 Å². The molecule has 19 heavy (non-hydrogen) atoms. The minimum atomic E-state index is 0.0709. The van der Waals surface area contributed by atoms with Gasteiger partial charge < -0.3 is 9.47 Å². The Labute approximate surface area is 111 Å². The van der Waals surface area contributed by atoms with E-state index in [0.717, 1.165) is 40.2 Å². The summed E-state index contributed by atoms with van der Waals surface area (Å²) in [5.74, 6) is 1.62. The average Bonchev–Trinajstić information content (AvgIpc) is 2.46. The second-order valence-electron chi connectivity index (χ2n) is 4.55. The summed E-state index contributed by atoms with van der Waals surface area (Å²) < 4.78 is 10.4. The first-order chi connectivity index (χ1) is 9.22. The molecule has 1 aliphatic rings. The van der Waals surface area contributed by atoms with E-state index in [1.54, 1.807) is 14.2 Å². The highest BCUT2D eigenvalue weighted by atomic mass is 16.5. The van der Waals surface area contributed by atoms with Crippen molar-refractivity contribution in [1.82, 2.24) is 0 Å². The van der Waals surface area contributed by atoms with Crippen molar-refractivity contribution in [3.05, 3.63) is 58.7 Å². The van der Waals surface area contributed by atoms with Gasteiger partial charge >= 0.3 is 0 Å². The Bertz CT molecular complexity index is 604. The molecule has 0 aliphatic heterocycles. The van der Waals surface area contributed by atoms with Crippen LogP contribution in [0.4, 0.5) is 0 Å². The van der Waals surface area contributed by atoms with Crippen LogP contribution in [0.25, 0.3) is 0 Å². The molecular weight excluding hydrogens is 240 g/mol. The molecule has 0 saturated carbocycles. The largest absolute Gasteiger partial charge is 0.497 e. The Morgan fingerprint density at radius 1 is 0.842 bits per heavy atom. The molecule has 0 bridgehead atoms. The molecule has 0 fully saturated rings. The fourth-order valence-corrected chi connectivity index (χ4v) is 2.48. The van der Waals surface area contributed by atoms with Crippen molar-refractivity contribution in [2.75, 3.05) is 14.2 Å². The van der Waals surface area contributed by atoms with E-state index in [-0.39, 0.29) is 5.78 Å². The highest BCUT2D eigenvalue weighted by Crippen LogP contribution is 2.31. The summed E-state index contributed by atoms with van der Waals surface area (Å²) >= 11 is 0. The quantitative estimate of drug-likeness (QED) is 0.705. The molecule has 3 heteroatoms. The van der Waals surface area contributed by atoms with Crippen molar-refractivity contribution in [3.8, 4) is 11.5 Å². The Morgan fingerprint density at radius 2 is 1.32 bits per heavy atom. The van der Waals surface area contributed by atoms with Gasteiger partial charge in [0.1, 0.15) is 11.5 Å². The zero-order valence-electron chi connectivity index (χ0n) is 10.9. The predicted octanol–water partition coefficient (Wildman–Crippen LogP) is 2.84. The first-order valence-electron chi connectivity index (χ1n) is 6.11. The van der Waals surface area contributed by atoms with E-state index in [9.17, 15) is 4.79 Å². The summed E-state index contributed by atoms with van der Waals surface area (Å²) in [6, 6.07) is 11.2. The Balaban J connectivity index is 2.11. The van der Waals surface area contributed by atoms with Crippen molar-refractivity contribution >= 4 is 5.78 Å². The van der Waals surface area contributed by atoms with Crippen molar-refractivity contribution in [1.29, 1.82) is 0 Å². The lowest BCUT2D eigenvalue weighted by Gasteiger charge is -2.19. The number of carbonyl (C=O) groups excluding carboxylic acids is 1. The second kappa shape index (κ2) is 4.43. The summed E-state index contributed by atoms with van der Waals surface area (Å²) in [7, 11) is 3.26. The van der Waals surface area contributed by atoms with Gasteiger partial charge in [0, 0.05) is 11.1 Å². The predicted molar refractivity (Wildman–Crippen MR) is 72.2 cm³/mol. The van der Waals surface area contributed by atoms with Gasteiger partial charge in [-0.15, -0.1) is 0 Å². The van der Waals surface area contributed by atoms with Crippen LogP contribution >= 0.6 is 0 Å². The molecule has 0 aromatic heterocycles. The van der Waals surface area contributed by atoms with Crippen molar-refractivity contribution < 1.29 is 14.3 Å². The van der Waals surface area contributed by atoms with Crippen LogP contribution < -0.4 is 9.47 Å². The molecule has 0 N–H and O–H groups in total. The monoisotopic (exact) mass is 254 g/mol. The SMILES string of the molecule is COc1ccc2c(c1)Cc1cc(OC)ccc1C2=O. The first kappa shape index (κ1) is 11.8. The van der Waals surface area contributed by atoms with Gasteiger partial charge in [-0.2, -0.15) is 0 Å². The summed E-state index contributed by atoms with van der Waals surface area (Å²) in [5, 5.41) is 0. The van der Waals surface area contributed by atoms with E-state index >= 15 is 0 Å². The zero-order valence-corrected chi connectivity index (χ0v) is 10.9. The number of rotatable bonds is 2. The third-order valence-electron chi connectivity index (χ3n) is 3.49. The highest BCUT2D eigenvalue weighted by Gasteiger charge is 2.23. The van der Waals surface area contributed by atoms with Gasteiger partial charge in [0.05, 0.1) is 14.2 Å². The van der Waals surface area contributed by atoms with E-state index in [2.05, 4.69) is 0 Å². The maximum Gasteiger partial charge on any atom is 0.193 e. The van der Waals surface area contributed by atoms with Crippen molar-refractivity contribution in [3.63, 3.8) is 0 Å². The maximum absolute atomic E-state index is 12.4. The van der Waals surface area contributed by atoms with E-state index in [1.165, 1.54) is 0 Å². The van der Waals surface area contributed by atoms with Crippen LogP contribution in [0.2, 0.25) is 0 Å². The van der Waals surface area contributed by atoms with Crippen LogP contribution in [0.15, 0.2) is 36.4 Å². The number of fused-ring (bicyclic) bond motifs is 2. The molecule has 3 rings (SSSR count). The van der Waals surface area contributed by atoms with Gasteiger partial charge in [0.25, 0.3) is 0 Å². The summed E-state index contributed by atoms with van der Waals surface area (Å²) in [6.07, 6.45) is 0.727. The number of hydrogen-bond acceptors (Lipinski definition) is 3. The standard InChI is InChI=1S/C16H14O3/c1-18-12-3-5-14-10(8-12)7-11-9-13(19-2)4-6-15(11)16(14)17/h3-6,8-9H,7H2,1-2H3. The molecular formula is C16H14O3. The van der Waals surface area contributed by atoms with Gasteiger partial charge in [-0.05, 0) is 53.9 Å². The fraction of sp³-hybridized carbons (Fsp3) is 0.188. The first-order valence-corrected chi connectivity index (χ1v) is 6.11. The number of carbonyl (C=O) groups is 1. The zero-order chi connectivity index (χ0) is 13.4. The molecule has 0 atom stereocenters. The molecule has 1 aliphatic carbocycles. The third kappa shape index (κ3) is 1.87. The topological polar surface area (TPSA) is 35.5 Å². The van der Waals surface area contributed by atoms with E-state index in [4.69, 9.17) is 9.47 Å². The summed E-state index contributed by atoms with van der Waals surface area (Å²) in [5.41, 5.74) is 3.53. The van der Waals surface area contributed by atoms with Crippen LogP contribution in [0.5, 0.6) is 11.5 Å². The average molecular weight is 254 g/mol. The molecule has 0 heterocycles. The van der Waals surface area contributed by atoms with Crippen LogP contribution in [-0.2, 0) is 6.42 Å². The normalized spacial score (nSPS) is 12.6. The molecule has 0 saturated heterocycles.